The molecule has 2 aliphatic heterocycles. The molecular formula is C21H22Cl2N4O5. The maximum Gasteiger partial charge on any atom is 0.270 e. The molecule has 0 bridgehead atoms. The fraction of sp³-hybridized carbons (Fsp3) is 0.429. The first-order valence-corrected chi connectivity index (χ1v) is 10.8. The average molecular weight is 481 g/mol. The van der Waals surface area contributed by atoms with Crippen molar-refractivity contribution in [2.45, 2.75) is 38.2 Å². The SMILES string of the molecule is Cc1nc(C(=O)NCc2ccc(Cl)c(Cl)c2)cc(C2=NO[C@H]([C@H]3CO[C@H](CO)CO3)C2)n1. The molecule has 3 atom stereocenters. The maximum absolute atomic E-state index is 12.7. The molecule has 2 aromatic rings. The van der Waals surface area contributed by atoms with Crippen LogP contribution in [-0.4, -0.2) is 64.8 Å². The lowest BCUT2D eigenvalue weighted by Crippen LogP contribution is -2.43. The summed E-state index contributed by atoms with van der Waals surface area (Å²) >= 11 is 12.0. The summed E-state index contributed by atoms with van der Waals surface area (Å²) in [5.41, 5.74) is 2.16. The number of aliphatic hydroxyl groups is 1. The van der Waals surface area contributed by atoms with Gasteiger partial charge in [-0.05, 0) is 30.7 Å². The second-order valence-electron chi connectivity index (χ2n) is 7.51. The zero-order valence-electron chi connectivity index (χ0n) is 17.3. The molecule has 0 unspecified atom stereocenters. The van der Waals surface area contributed by atoms with Crippen molar-refractivity contribution in [1.29, 1.82) is 0 Å². The Morgan fingerprint density at radius 2 is 2.00 bits per heavy atom. The van der Waals surface area contributed by atoms with Crippen LogP contribution < -0.4 is 5.32 Å². The fourth-order valence-electron chi connectivity index (χ4n) is 3.38. The summed E-state index contributed by atoms with van der Waals surface area (Å²) in [6, 6.07) is 6.75. The third-order valence-corrected chi connectivity index (χ3v) is 5.85. The van der Waals surface area contributed by atoms with Gasteiger partial charge in [-0.25, -0.2) is 9.97 Å². The number of oxime groups is 1. The van der Waals surface area contributed by atoms with E-state index in [-0.39, 0.29) is 43.1 Å². The van der Waals surface area contributed by atoms with Crippen LogP contribution in [0.5, 0.6) is 0 Å². The summed E-state index contributed by atoms with van der Waals surface area (Å²) in [4.78, 5) is 26.8. The number of carbonyl (C=O) groups excluding carboxylic acids is 1. The zero-order valence-corrected chi connectivity index (χ0v) is 18.8. The minimum atomic E-state index is -0.349. The van der Waals surface area contributed by atoms with Crippen molar-refractivity contribution in [1.82, 2.24) is 15.3 Å². The molecule has 2 aliphatic rings. The second kappa shape index (κ2) is 10.1. The minimum absolute atomic E-state index is 0.0872. The van der Waals surface area contributed by atoms with Crippen LogP contribution in [-0.2, 0) is 20.9 Å². The first-order valence-electron chi connectivity index (χ1n) is 10.1. The molecule has 1 amide bonds. The Morgan fingerprint density at radius 1 is 1.16 bits per heavy atom. The molecule has 1 aromatic heterocycles. The van der Waals surface area contributed by atoms with Gasteiger partial charge < -0.3 is 24.7 Å². The Labute approximate surface area is 194 Å². The van der Waals surface area contributed by atoms with E-state index in [0.29, 0.717) is 46.9 Å². The van der Waals surface area contributed by atoms with Gasteiger partial charge in [-0.1, -0.05) is 34.4 Å². The first-order chi connectivity index (χ1) is 15.4. The van der Waals surface area contributed by atoms with Crippen molar-refractivity contribution in [2.24, 2.45) is 5.16 Å². The van der Waals surface area contributed by atoms with Gasteiger partial charge in [0.15, 0.2) is 6.10 Å². The Kier molecular flexibility index (Phi) is 7.22. The molecule has 4 rings (SSSR count). The topological polar surface area (TPSA) is 115 Å². The molecule has 0 radical (unpaired) electrons. The maximum atomic E-state index is 12.7. The number of aliphatic hydroxyl groups excluding tert-OH is 1. The molecule has 3 heterocycles. The molecule has 32 heavy (non-hydrogen) atoms. The number of carbonyl (C=O) groups is 1. The van der Waals surface area contributed by atoms with E-state index in [1.54, 1.807) is 31.2 Å². The van der Waals surface area contributed by atoms with E-state index in [2.05, 4.69) is 20.4 Å². The normalized spacial score (nSPS) is 22.9. The van der Waals surface area contributed by atoms with Gasteiger partial charge in [0, 0.05) is 13.0 Å². The monoisotopic (exact) mass is 480 g/mol. The Balaban J connectivity index is 1.39. The first kappa shape index (κ1) is 22.9. The van der Waals surface area contributed by atoms with E-state index in [4.69, 9.17) is 42.6 Å². The molecule has 2 N–H and O–H groups in total. The number of benzene rings is 1. The number of ether oxygens (including phenoxy) is 2. The number of halogens is 2. The predicted molar refractivity (Wildman–Crippen MR) is 117 cm³/mol. The molecule has 0 saturated carbocycles. The van der Waals surface area contributed by atoms with Crippen LogP contribution in [0, 0.1) is 6.92 Å². The number of nitrogens with one attached hydrogen (secondary N) is 1. The van der Waals surface area contributed by atoms with E-state index in [9.17, 15) is 4.79 Å². The molecule has 0 aliphatic carbocycles. The van der Waals surface area contributed by atoms with Gasteiger partial charge in [-0.15, -0.1) is 0 Å². The number of aryl methyl sites for hydroxylation is 1. The summed E-state index contributed by atoms with van der Waals surface area (Å²) in [5.74, 6) is 0.0920. The van der Waals surface area contributed by atoms with E-state index < -0.39 is 0 Å². The van der Waals surface area contributed by atoms with E-state index in [1.807, 2.05) is 0 Å². The van der Waals surface area contributed by atoms with Crippen molar-refractivity contribution < 1.29 is 24.2 Å². The summed E-state index contributed by atoms with van der Waals surface area (Å²) in [5, 5.41) is 17.0. The van der Waals surface area contributed by atoms with Gasteiger partial charge in [0.2, 0.25) is 0 Å². The zero-order chi connectivity index (χ0) is 22.7. The molecule has 1 aromatic carbocycles. The molecule has 170 valence electrons. The standard InChI is InChI=1S/C21H22Cl2N4O5/c1-11-25-16(17-6-19(32-27-17)20-10-30-13(8-28)9-31-20)5-18(26-11)21(29)24-7-12-2-3-14(22)15(23)4-12/h2-5,13,19-20,28H,6-10H2,1H3,(H,24,29)/t13-,19+,20-/m1/s1. The Morgan fingerprint density at radius 3 is 2.72 bits per heavy atom. The van der Waals surface area contributed by atoms with Gasteiger partial charge in [0.05, 0.1) is 35.6 Å². The largest absolute Gasteiger partial charge is 0.394 e. The van der Waals surface area contributed by atoms with Crippen LogP contribution in [0.1, 0.15) is 34.0 Å². The van der Waals surface area contributed by atoms with Crippen LogP contribution in [0.15, 0.2) is 29.4 Å². The van der Waals surface area contributed by atoms with Crippen LogP contribution in [0.25, 0.3) is 0 Å². The highest BCUT2D eigenvalue weighted by molar-refractivity contribution is 6.42. The highest BCUT2D eigenvalue weighted by Gasteiger charge is 2.35. The molecule has 1 fully saturated rings. The smallest absolute Gasteiger partial charge is 0.270 e. The molecular weight excluding hydrogens is 459 g/mol. The number of rotatable bonds is 6. The summed E-state index contributed by atoms with van der Waals surface area (Å²) < 4.78 is 11.3. The highest BCUT2D eigenvalue weighted by atomic mass is 35.5. The third-order valence-electron chi connectivity index (χ3n) is 5.11. The van der Waals surface area contributed by atoms with Gasteiger partial charge in [0.25, 0.3) is 5.91 Å². The lowest BCUT2D eigenvalue weighted by Gasteiger charge is -2.30. The number of amides is 1. The fourth-order valence-corrected chi connectivity index (χ4v) is 3.70. The summed E-state index contributed by atoms with van der Waals surface area (Å²) in [7, 11) is 0. The van der Waals surface area contributed by atoms with Gasteiger partial charge >= 0.3 is 0 Å². The lowest BCUT2D eigenvalue weighted by molar-refractivity contribution is -0.178. The number of hydrogen-bond donors (Lipinski definition) is 2. The van der Waals surface area contributed by atoms with Crippen molar-refractivity contribution in [3.63, 3.8) is 0 Å². The number of hydrogen-bond acceptors (Lipinski definition) is 8. The minimum Gasteiger partial charge on any atom is -0.394 e. The van der Waals surface area contributed by atoms with Crippen molar-refractivity contribution >= 4 is 34.8 Å². The summed E-state index contributed by atoms with van der Waals surface area (Å²) in [6.07, 6.45) is -0.483. The Hall–Kier alpha value is -2.30. The molecule has 9 nitrogen and oxygen atoms in total. The lowest BCUT2D eigenvalue weighted by atomic mass is 10.0. The van der Waals surface area contributed by atoms with Crippen LogP contribution in [0.3, 0.4) is 0 Å². The van der Waals surface area contributed by atoms with Gasteiger partial charge in [-0.2, -0.15) is 0 Å². The van der Waals surface area contributed by atoms with Gasteiger partial charge in [0.1, 0.15) is 29.4 Å². The van der Waals surface area contributed by atoms with Crippen molar-refractivity contribution in [3.8, 4) is 0 Å². The molecule has 0 spiro atoms. The highest BCUT2D eigenvalue weighted by Crippen LogP contribution is 2.24. The third kappa shape index (κ3) is 5.36. The number of aromatic nitrogens is 2. The Bertz CT molecular complexity index is 1030. The summed E-state index contributed by atoms with van der Waals surface area (Å²) in [6.45, 7) is 2.50. The van der Waals surface area contributed by atoms with Gasteiger partial charge in [-0.3, -0.25) is 4.79 Å². The quantitative estimate of drug-likeness (QED) is 0.651. The van der Waals surface area contributed by atoms with Crippen molar-refractivity contribution in [2.75, 3.05) is 19.8 Å². The van der Waals surface area contributed by atoms with Crippen LogP contribution in [0.4, 0.5) is 0 Å². The molecule has 11 heteroatoms. The van der Waals surface area contributed by atoms with Crippen LogP contribution in [0.2, 0.25) is 10.0 Å². The van der Waals surface area contributed by atoms with E-state index in [1.165, 1.54) is 0 Å². The predicted octanol–water partition coefficient (Wildman–Crippen LogP) is 2.29. The van der Waals surface area contributed by atoms with E-state index in [0.717, 1.165) is 5.56 Å². The van der Waals surface area contributed by atoms with Crippen LogP contribution >= 0.6 is 23.2 Å². The second-order valence-corrected chi connectivity index (χ2v) is 8.33. The average Bonchev–Trinajstić information content (AvgIpc) is 3.30. The number of nitrogens with zero attached hydrogens (tertiary/aromatic N) is 3. The van der Waals surface area contributed by atoms with Crippen molar-refractivity contribution in [3.05, 3.63) is 57.1 Å². The molecule has 1 saturated heterocycles. The van der Waals surface area contributed by atoms with E-state index >= 15 is 0 Å².